The summed E-state index contributed by atoms with van der Waals surface area (Å²) in [5.41, 5.74) is 3.20. The van der Waals surface area contributed by atoms with Crippen LogP contribution in [0.1, 0.15) is 49.2 Å². The predicted molar refractivity (Wildman–Crippen MR) is 110 cm³/mol. The van der Waals surface area contributed by atoms with E-state index in [0.717, 1.165) is 29.0 Å². The first-order valence-corrected chi connectivity index (χ1v) is 10.4. The molecule has 0 bridgehead atoms. The van der Waals surface area contributed by atoms with Crippen LogP contribution in [0.4, 0.5) is 5.69 Å². The van der Waals surface area contributed by atoms with Gasteiger partial charge in [-0.15, -0.1) is 11.3 Å². The number of carboxylic acid groups (broad SMARTS) is 1. The molecule has 0 radical (unpaired) electrons. The molecule has 4 nitrogen and oxygen atoms in total. The van der Waals surface area contributed by atoms with Gasteiger partial charge in [0.2, 0.25) is 0 Å². The van der Waals surface area contributed by atoms with Crippen molar-refractivity contribution in [3.05, 3.63) is 52.9 Å². The quantitative estimate of drug-likeness (QED) is 0.525. The van der Waals surface area contributed by atoms with Crippen LogP contribution in [0.15, 0.2) is 48.0 Å². The first-order valence-electron chi connectivity index (χ1n) is 9.61. The molecule has 2 aromatic rings. The van der Waals surface area contributed by atoms with Crippen LogP contribution >= 0.6 is 11.3 Å². The van der Waals surface area contributed by atoms with Gasteiger partial charge in [0.05, 0.1) is 5.69 Å². The van der Waals surface area contributed by atoms with Crippen molar-refractivity contribution in [2.45, 2.75) is 57.9 Å². The summed E-state index contributed by atoms with van der Waals surface area (Å²) in [5.74, 6) is -0.878. The van der Waals surface area contributed by atoms with Gasteiger partial charge in [0.25, 0.3) is 0 Å². The topological polar surface area (TPSA) is 53.1 Å². The third kappa shape index (κ3) is 3.66. The van der Waals surface area contributed by atoms with E-state index in [4.69, 9.17) is 4.74 Å². The molecule has 142 valence electrons. The largest absolute Gasteiger partial charge is 0.477 e. The molecule has 5 heteroatoms. The van der Waals surface area contributed by atoms with Gasteiger partial charge in [-0.3, -0.25) is 0 Å². The van der Waals surface area contributed by atoms with Crippen LogP contribution < -0.4 is 4.90 Å². The lowest BCUT2D eigenvalue weighted by atomic mass is 9.96. The van der Waals surface area contributed by atoms with Crippen LogP contribution in [0.5, 0.6) is 0 Å². The number of thiophene rings is 1. The second-order valence-electron chi connectivity index (χ2n) is 7.47. The fraction of sp³-hybridized carbons (Fsp3) is 0.409. The average Bonchev–Trinajstić information content (AvgIpc) is 3.32. The van der Waals surface area contributed by atoms with E-state index in [1.807, 2.05) is 36.4 Å². The summed E-state index contributed by atoms with van der Waals surface area (Å²) in [4.78, 5) is 15.5. The van der Waals surface area contributed by atoms with Crippen molar-refractivity contribution in [1.82, 2.24) is 0 Å². The van der Waals surface area contributed by atoms with E-state index in [1.54, 1.807) is 0 Å². The lowest BCUT2D eigenvalue weighted by Crippen LogP contribution is -2.36. The highest BCUT2D eigenvalue weighted by Crippen LogP contribution is 2.44. The number of hydrogen-bond acceptors (Lipinski definition) is 4. The minimum absolute atomic E-state index is 0.0642. The Labute approximate surface area is 164 Å². The van der Waals surface area contributed by atoms with Gasteiger partial charge >= 0.3 is 5.97 Å². The molecule has 1 saturated heterocycles. The molecule has 1 N–H and O–H groups in total. The molecule has 2 atom stereocenters. The van der Waals surface area contributed by atoms with Gasteiger partial charge in [-0.2, -0.15) is 0 Å². The summed E-state index contributed by atoms with van der Waals surface area (Å²) >= 11 is 1.34. The number of allylic oxidation sites excluding steroid dienone is 1. The normalized spacial score (nSPS) is 21.8. The maximum Gasteiger partial charge on any atom is 0.348 e. The Morgan fingerprint density at radius 3 is 2.67 bits per heavy atom. The molecule has 1 aromatic carbocycles. The van der Waals surface area contributed by atoms with Crippen molar-refractivity contribution in [2.75, 3.05) is 4.90 Å². The Morgan fingerprint density at radius 1 is 1.26 bits per heavy atom. The molecule has 0 saturated carbocycles. The third-order valence-electron chi connectivity index (χ3n) is 5.23. The Morgan fingerprint density at radius 2 is 2.04 bits per heavy atom. The van der Waals surface area contributed by atoms with Gasteiger partial charge in [0.1, 0.15) is 11.0 Å². The summed E-state index contributed by atoms with van der Waals surface area (Å²) in [7, 11) is 0. The zero-order valence-electron chi connectivity index (χ0n) is 15.7. The van der Waals surface area contributed by atoms with E-state index < -0.39 is 5.97 Å². The summed E-state index contributed by atoms with van der Waals surface area (Å²) in [5, 5.41) is 9.80. The minimum Gasteiger partial charge on any atom is -0.477 e. The van der Waals surface area contributed by atoms with Crippen LogP contribution in [-0.2, 0) is 4.74 Å². The van der Waals surface area contributed by atoms with E-state index in [9.17, 15) is 9.90 Å². The lowest BCUT2D eigenvalue weighted by Gasteiger charge is -2.27. The first kappa shape index (κ1) is 18.3. The van der Waals surface area contributed by atoms with Gasteiger partial charge in [0, 0.05) is 10.9 Å². The Bertz CT molecular complexity index is 856. The summed E-state index contributed by atoms with van der Waals surface area (Å²) in [6.07, 6.45) is 7.05. The molecule has 1 aliphatic heterocycles. The Hall–Kier alpha value is -2.11. The van der Waals surface area contributed by atoms with Crippen LogP contribution in [0.3, 0.4) is 0 Å². The number of ether oxygens (including phenoxy) is 1. The second kappa shape index (κ2) is 7.49. The van der Waals surface area contributed by atoms with Gasteiger partial charge in [-0.25, -0.2) is 4.79 Å². The molecule has 1 fully saturated rings. The Kier molecular flexibility index (Phi) is 5.06. The van der Waals surface area contributed by atoms with Gasteiger partial charge in [0.15, 0.2) is 6.23 Å². The van der Waals surface area contributed by atoms with E-state index >= 15 is 0 Å². The number of epoxide rings is 1. The number of hydrogen-bond donors (Lipinski definition) is 1. The number of nitrogens with zero attached hydrogens (tertiary/aromatic N) is 1. The molecule has 0 amide bonds. The molecular formula is C22H25NO3S. The van der Waals surface area contributed by atoms with Crippen molar-refractivity contribution in [1.29, 1.82) is 0 Å². The van der Waals surface area contributed by atoms with Gasteiger partial charge < -0.3 is 14.7 Å². The monoisotopic (exact) mass is 383 g/mol. The van der Waals surface area contributed by atoms with Crippen molar-refractivity contribution in [3.8, 4) is 10.4 Å². The fourth-order valence-corrected chi connectivity index (χ4v) is 4.89. The standard InChI is InChI=1S/C22H25NO3S/c1-14(2)23(21-19(26-21)16-11-7-4-8-12-16)17-13-18(27-20(17)22(24)25)15-9-5-3-6-10-15/h3,5-6,9-11,13-14,19,21H,4,7-8,12H2,1-2H3,(H,24,25). The third-order valence-corrected chi connectivity index (χ3v) is 6.40. The van der Waals surface area contributed by atoms with Crippen LogP contribution in [0, 0.1) is 0 Å². The number of benzene rings is 1. The highest BCUT2D eigenvalue weighted by atomic mass is 32.1. The SMILES string of the molecule is CC(C)N(c1cc(-c2ccccc2)sc1C(=O)O)C1OC1C1=CCCCC1. The van der Waals surface area contributed by atoms with Crippen molar-refractivity contribution < 1.29 is 14.6 Å². The van der Waals surface area contributed by atoms with Crippen LogP contribution in [-0.4, -0.2) is 29.4 Å². The van der Waals surface area contributed by atoms with Crippen LogP contribution in [0.25, 0.3) is 10.4 Å². The second-order valence-corrected chi connectivity index (χ2v) is 8.52. The average molecular weight is 384 g/mol. The van der Waals surface area contributed by atoms with E-state index in [1.165, 1.54) is 29.8 Å². The summed E-state index contributed by atoms with van der Waals surface area (Å²) < 4.78 is 6.05. The number of carboxylic acids is 1. The smallest absolute Gasteiger partial charge is 0.348 e. The first-order chi connectivity index (χ1) is 13.1. The van der Waals surface area contributed by atoms with E-state index in [0.29, 0.717) is 4.88 Å². The highest BCUT2D eigenvalue weighted by Gasteiger charge is 2.48. The highest BCUT2D eigenvalue weighted by molar-refractivity contribution is 7.18. The maximum absolute atomic E-state index is 12.0. The zero-order valence-corrected chi connectivity index (χ0v) is 16.5. The van der Waals surface area contributed by atoms with Gasteiger partial charge in [-0.05, 0) is 56.7 Å². The zero-order chi connectivity index (χ0) is 19.0. The number of anilines is 1. The molecule has 1 aromatic heterocycles. The van der Waals surface area contributed by atoms with Gasteiger partial charge in [-0.1, -0.05) is 36.4 Å². The molecule has 1 aliphatic carbocycles. The van der Waals surface area contributed by atoms with Crippen molar-refractivity contribution in [3.63, 3.8) is 0 Å². The van der Waals surface area contributed by atoms with Crippen molar-refractivity contribution in [2.24, 2.45) is 0 Å². The molecule has 27 heavy (non-hydrogen) atoms. The molecule has 2 heterocycles. The lowest BCUT2D eigenvalue weighted by molar-refractivity contribution is 0.0702. The summed E-state index contributed by atoms with van der Waals surface area (Å²) in [6, 6.07) is 12.1. The minimum atomic E-state index is -0.878. The molecule has 4 rings (SSSR count). The Balaban J connectivity index is 1.68. The number of aromatic carboxylic acids is 1. The van der Waals surface area contributed by atoms with Crippen molar-refractivity contribution >= 4 is 23.0 Å². The number of rotatable bonds is 6. The van der Waals surface area contributed by atoms with E-state index in [-0.39, 0.29) is 18.4 Å². The van der Waals surface area contributed by atoms with Crippen LogP contribution in [0.2, 0.25) is 0 Å². The summed E-state index contributed by atoms with van der Waals surface area (Å²) in [6.45, 7) is 4.19. The molecule has 2 aliphatic rings. The maximum atomic E-state index is 12.0. The fourth-order valence-electron chi connectivity index (χ4n) is 3.89. The molecular weight excluding hydrogens is 358 g/mol. The molecule has 0 spiro atoms. The van der Waals surface area contributed by atoms with E-state index in [2.05, 4.69) is 24.8 Å². The predicted octanol–water partition coefficient (Wildman–Crippen LogP) is 5.55. The number of carbonyl (C=O) groups is 1. The molecule has 2 unspecified atom stereocenters.